The number of nitrogens with zero attached hydrogens (tertiary/aromatic N) is 2. The Balaban J connectivity index is 2.34. The summed E-state index contributed by atoms with van der Waals surface area (Å²) in [7, 11) is 0. The number of carbonyl (C=O) groups excluding carboxylic acids is 2. The second-order valence-corrected chi connectivity index (χ2v) is 5.17. The van der Waals surface area contributed by atoms with Gasteiger partial charge in [0.2, 0.25) is 5.91 Å². The molecule has 1 aliphatic rings. The molecule has 0 N–H and O–H groups in total. The zero-order chi connectivity index (χ0) is 18.8. The summed E-state index contributed by atoms with van der Waals surface area (Å²) in [5, 5.41) is 0. The Hall–Kier alpha value is -2.46. The summed E-state index contributed by atoms with van der Waals surface area (Å²) in [6.45, 7) is -3.63. The lowest BCUT2D eigenvalue weighted by Gasteiger charge is -2.26. The van der Waals surface area contributed by atoms with E-state index in [9.17, 15) is 35.9 Å². The van der Waals surface area contributed by atoms with Crippen LogP contribution in [-0.4, -0.2) is 44.0 Å². The molecule has 11 heteroatoms. The standard InChI is InChI=1S/C14H12F6N2O3/c15-13(16,17)7-21-6-5-11(23)22(10-4-2-1-3-9(10)21)12(24)25-8-14(18,19)20/h1-4H,5-8H2. The first-order valence-corrected chi connectivity index (χ1v) is 6.95. The fourth-order valence-corrected chi connectivity index (χ4v) is 2.31. The number of carbonyl (C=O) groups is 2. The van der Waals surface area contributed by atoms with Gasteiger partial charge in [0, 0.05) is 13.0 Å². The molecule has 5 nitrogen and oxygen atoms in total. The Kier molecular flexibility index (Phi) is 5.14. The minimum absolute atomic E-state index is 0.102. The molecule has 0 saturated carbocycles. The number of anilines is 2. The first kappa shape index (κ1) is 18.9. The molecular weight excluding hydrogens is 358 g/mol. The van der Waals surface area contributed by atoms with E-state index in [0.717, 1.165) is 11.0 Å². The average molecular weight is 370 g/mol. The number of fused-ring (bicyclic) bond motifs is 1. The van der Waals surface area contributed by atoms with Gasteiger partial charge in [-0.1, -0.05) is 12.1 Å². The topological polar surface area (TPSA) is 49.9 Å². The van der Waals surface area contributed by atoms with Crippen molar-refractivity contribution in [2.75, 3.05) is 29.5 Å². The summed E-state index contributed by atoms with van der Waals surface area (Å²) in [6.07, 6.45) is -11.5. The van der Waals surface area contributed by atoms with Crippen LogP contribution in [0.4, 0.5) is 42.5 Å². The van der Waals surface area contributed by atoms with Crippen LogP contribution in [0.3, 0.4) is 0 Å². The van der Waals surface area contributed by atoms with Crippen molar-refractivity contribution >= 4 is 23.4 Å². The maximum absolute atomic E-state index is 12.7. The van der Waals surface area contributed by atoms with E-state index in [-0.39, 0.29) is 17.9 Å². The summed E-state index contributed by atoms with van der Waals surface area (Å²) < 4.78 is 78.8. The molecule has 1 aromatic rings. The van der Waals surface area contributed by atoms with E-state index in [0.29, 0.717) is 4.90 Å². The van der Waals surface area contributed by atoms with Crippen LogP contribution in [0.1, 0.15) is 6.42 Å². The molecule has 1 aromatic carbocycles. The zero-order valence-electron chi connectivity index (χ0n) is 12.5. The van der Waals surface area contributed by atoms with E-state index in [1.165, 1.54) is 18.2 Å². The number of benzene rings is 1. The number of ether oxygens (including phenoxy) is 1. The summed E-state index contributed by atoms with van der Waals surface area (Å²) in [5.41, 5.74) is -0.365. The quantitative estimate of drug-likeness (QED) is 0.748. The number of imide groups is 1. The molecule has 0 aromatic heterocycles. The van der Waals surface area contributed by atoms with Crippen molar-refractivity contribution in [1.82, 2.24) is 0 Å². The molecular formula is C14H12F6N2O3. The van der Waals surface area contributed by atoms with Crippen LogP contribution >= 0.6 is 0 Å². The molecule has 0 atom stereocenters. The molecule has 0 unspecified atom stereocenters. The highest BCUT2D eigenvalue weighted by Gasteiger charge is 2.38. The number of para-hydroxylation sites is 2. The Morgan fingerprint density at radius 2 is 1.64 bits per heavy atom. The molecule has 1 aliphatic heterocycles. The number of alkyl halides is 6. The van der Waals surface area contributed by atoms with Gasteiger partial charge in [0.15, 0.2) is 6.61 Å². The number of halogens is 6. The first-order chi connectivity index (χ1) is 11.5. The van der Waals surface area contributed by atoms with E-state index in [2.05, 4.69) is 4.74 Å². The van der Waals surface area contributed by atoms with Crippen LogP contribution in [0.25, 0.3) is 0 Å². The summed E-state index contributed by atoms with van der Waals surface area (Å²) >= 11 is 0. The lowest BCUT2D eigenvalue weighted by Crippen LogP contribution is -2.38. The lowest BCUT2D eigenvalue weighted by molar-refractivity contribution is -0.160. The largest absolute Gasteiger partial charge is 0.439 e. The molecule has 0 radical (unpaired) electrons. The van der Waals surface area contributed by atoms with Crippen molar-refractivity contribution in [3.63, 3.8) is 0 Å². The normalized spacial score (nSPS) is 15.7. The molecule has 138 valence electrons. The highest BCUT2D eigenvalue weighted by molar-refractivity contribution is 6.15. The monoisotopic (exact) mass is 370 g/mol. The van der Waals surface area contributed by atoms with E-state index in [1.54, 1.807) is 0 Å². The molecule has 1 heterocycles. The summed E-state index contributed by atoms with van der Waals surface area (Å²) in [5.74, 6) is -0.954. The van der Waals surface area contributed by atoms with Crippen molar-refractivity contribution in [2.45, 2.75) is 18.8 Å². The van der Waals surface area contributed by atoms with Gasteiger partial charge in [0.25, 0.3) is 0 Å². The number of hydrogen-bond donors (Lipinski definition) is 0. The molecule has 0 saturated heterocycles. The van der Waals surface area contributed by atoms with Crippen LogP contribution in [-0.2, 0) is 9.53 Å². The van der Waals surface area contributed by atoms with Gasteiger partial charge in [-0.25, -0.2) is 9.69 Å². The lowest BCUT2D eigenvalue weighted by atomic mass is 10.2. The SMILES string of the molecule is O=C1CCN(CC(F)(F)F)c2ccccc2N1C(=O)OCC(F)(F)F. The highest BCUT2D eigenvalue weighted by atomic mass is 19.4. The second kappa shape index (κ2) is 6.81. The Labute approximate surface area is 137 Å². The molecule has 0 fully saturated rings. The number of amides is 2. The maximum Gasteiger partial charge on any atom is 0.422 e. The van der Waals surface area contributed by atoms with Crippen LogP contribution in [0.2, 0.25) is 0 Å². The molecule has 25 heavy (non-hydrogen) atoms. The highest BCUT2D eigenvalue weighted by Crippen LogP contribution is 2.35. The van der Waals surface area contributed by atoms with Crippen LogP contribution in [0, 0.1) is 0 Å². The van der Waals surface area contributed by atoms with Gasteiger partial charge in [-0.05, 0) is 12.1 Å². The smallest absolute Gasteiger partial charge is 0.422 e. The molecule has 0 bridgehead atoms. The van der Waals surface area contributed by atoms with Gasteiger partial charge in [-0.3, -0.25) is 4.79 Å². The fourth-order valence-electron chi connectivity index (χ4n) is 2.31. The predicted octanol–water partition coefficient (Wildman–Crippen LogP) is 3.49. The Morgan fingerprint density at radius 1 is 1.04 bits per heavy atom. The van der Waals surface area contributed by atoms with Crippen LogP contribution < -0.4 is 9.80 Å². The third kappa shape index (κ3) is 5.00. The molecule has 2 rings (SSSR count). The van der Waals surface area contributed by atoms with Gasteiger partial charge in [-0.15, -0.1) is 0 Å². The van der Waals surface area contributed by atoms with E-state index >= 15 is 0 Å². The summed E-state index contributed by atoms with van der Waals surface area (Å²) in [6, 6.07) is 5.13. The molecule has 0 spiro atoms. The minimum atomic E-state index is -4.80. The van der Waals surface area contributed by atoms with Crippen LogP contribution in [0.5, 0.6) is 0 Å². The van der Waals surface area contributed by atoms with Gasteiger partial charge in [0.1, 0.15) is 6.54 Å². The summed E-state index contributed by atoms with van der Waals surface area (Å²) in [4.78, 5) is 25.2. The Morgan fingerprint density at radius 3 is 2.20 bits per heavy atom. The zero-order valence-corrected chi connectivity index (χ0v) is 12.5. The van der Waals surface area contributed by atoms with Gasteiger partial charge in [0.05, 0.1) is 11.4 Å². The predicted molar refractivity (Wildman–Crippen MR) is 74.2 cm³/mol. The average Bonchev–Trinajstić information content (AvgIpc) is 2.60. The minimum Gasteiger partial charge on any atom is -0.439 e. The molecule has 0 aliphatic carbocycles. The van der Waals surface area contributed by atoms with Gasteiger partial charge >= 0.3 is 18.4 Å². The van der Waals surface area contributed by atoms with Gasteiger partial charge < -0.3 is 9.64 Å². The van der Waals surface area contributed by atoms with Crippen molar-refractivity contribution in [3.8, 4) is 0 Å². The third-order valence-electron chi connectivity index (χ3n) is 3.22. The molecule has 2 amide bonds. The van der Waals surface area contributed by atoms with Crippen LogP contribution in [0.15, 0.2) is 24.3 Å². The van der Waals surface area contributed by atoms with Gasteiger partial charge in [-0.2, -0.15) is 26.3 Å². The Bertz CT molecular complexity index is 659. The number of hydrogen-bond acceptors (Lipinski definition) is 4. The van der Waals surface area contributed by atoms with Crippen molar-refractivity contribution in [1.29, 1.82) is 0 Å². The third-order valence-corrected chi connectivity index (χ3v) is 3.22. The van der Waals surface area contributed by atoms with Crippen molar-refractivity contribution in [2.24, 2.45) is 0 Å². The first-order valence-electron chi connectivity index (χ1n) is 6.95. The number of rotatable bonds is 2. The van der Waals surface area contributed by atoms with Crippen molar-refractivity contribution in [3.05, 3.63) is 24.3 Å². The van der Waals surface area contributed by atoms with E-state index in [1.807, 2.05) is 0 Å². The maximum atomic E-state index is 12.7. The van der Waals surface area contributed by atoms with E-state index < -0.39 is 43.9 Å². The second-order valence-electron chi connectivity index (χ2n) is 5.17. The van der Waals surface area contributed by atoms with Crippen molar-refractivity contribution < 1.29 is 40.7 Å². The fraction of sp³-hybridized carbons (Fsp3) is 0.429. The van der Waals surface area contributed by atoms with E-state index in [4.69, 9.17) is 0 Å².